The van der Waals surface area contributed by atoms with Gasteiger partial charge in [0.2, 0.25) is 0 Å². The fourth-order valence-corrected chi connectivity index (χ4v) is 1.77. The van der Waals surface area contributed by atoms with Gasteiger partial charge < -0.3 is 9.53 Å². The molecule has 0 aliphatic heterocycles. The normalized spacial score (nSPS) is 14.2. The summed E-state index contributed by atoms with van der Waals surface area (Å²) in [6.45, 7) is 8.40. The zero-order valence-corrected chi connectivity index (χ0v) is 13.4. The van der Waals surface area contributed by atoms with E-state index < -0.39 is 23.1 Å². The third-order valence-corrected chi connectivity index (χ3v) is 3.35. The Hall–Kier alpha value is -1.91. The number of hydrogen-bond donors (Lipinski definition) is 0. The van der Waals surface area contributed by atoms with Crippen molar-refractivity contribution in [2.24, 2.45) is 0 Å². The minimum Gasteiger partial charge on any atom is -0.444 e. The second-order valence-corrected chi connectivity index (χ2v) is 6.27. The molecule has 21 heavy (non-hydrogen) atoms. The van der Waals surface area contributed by atoms with Gasteiger partial charge in [-0.1, -0.05) is 12.1 Å². The van der Waals surface area contributed by atoms with Gasteiger partial charge >= 0.3 is 6.09 Å². The highest BCUT2D eigenvalue weighted by Crippen LogP contribution is 2.28. The van der Waals surface area contributed by atoms with E-state index in [0.29, 0.717) is 17.4 Å². The van der Waals surface area contributed by atoms with Crippen LogP contribution in [-0.2, 0) is 15.1 Å². The summed E-state index contributed by atoms with van der Waals surface area (Å²) in [5.74, 6) is -0.418. The molecular weight excluding hydrogens is 273 g/mol. The molecule has 1 rings (SSSR count). The van der Waals surface area contributed by atoms with Crippen molar-refractivity contribution in [1.82, 2.24) is 4.90 Å². The molecule has 116 valence electrons. The van der Waals surface area contributed by atoms with E-state index in [1.807, 2.05) is 0 Å². The molecule has 0 fully saturated rings. The van der Waals surface area contributed by atoms with Gasteiger partial charge in [-0.05, 0) is 51.8 Å². The van der Waals surface area contributed by atoms with Gasteiger partial charge in [0.05, 0.1) is 0 Å². The number of nitrogens with zero attached hydrogens (tertiary/aromatic N) is 1. The molecule has 1 atom stereocenters. The molecule has 0 aliphatic rings. The Balaban J connectivity index is 3.16. The number of ether oxygens (including phenoxy) is 1. The van der Waals surface area contributed by atoms with Crippen LogP contribution >= 0.6 is 0 Å². The smallest absolute Gasteiger partial charge is 0.411 e. The number of carbonyl (C=O) groups is 2. The van der Waals surface area contributed by atoms with E-state index in [2.05, 4.69) is 0 Å². The highest BCUT2D eigenvalue weighted by Gasteiger charge is 2.37. The first-order chi connectivity index (χ1) is 9.51. The lowest BCUT2D eigenvalue weighted by Crippen LogP contribution is -2.48. The SMILES string of the molecule is Cc1ccc(C(C)(C=O)N(C)C(=O)OC(C)(C)C)cc1F. The van der Waals surface area contributed by atoms with Crippen LogP contribution in [0.1, 0.15) is 38.8 Å². The van der Waals surface area contributed by atoms with Gasteiger partial charge in [0.15, 0.2) is 0 Å². The van der Waals surface area contributed by atoms with Gasteiger partial charge in [-0.3, -0.25) is 4.90 Å². The maximum Gasteiger partial charge on any atom is 0.411 e. The first kappa shape index (κ1) is 17.1. The number of hydrogen-bond acceptors (Lipinski definition) is 3. The minimum absolute atomic E-state index is 0.397. The Morgan fingerprint density at radius 1 is 1.29 bits per heavy atom. The van der Waals surface area contributed by atoms with Crippen LogP contribution in [0.4, 0.5) is 9.18 Å². The number of carbonyl (C=O) groups excluding carboxylic acids is 2. The highest BCUT2D eigenvalue weighted by atomic mass is 19.1. The van der Waals surface area contributed by atoms with Crippen LogP contribution in [0.2, 0.25) is 0 Å². The summed E-state index contributed by atoms with van der Waals surface area (Å²) in [5.41, 5.74) is -1.09. The lowest BCUT2D eigenvalue weighted by Gasteiger charge is -2.35. The van der Waals surface area contributed by atoms with Crippen LogP contribution in [0.15, 0.2) is 18.2 Å². The van der Waals surface area contributed by atoms with Gasteiger partial charge in [-0.2, -0.15) is 0 Å². The predicted molar refractivity (Wildman–Crippen MR) is 78.6 cm³/mol. The highest BCUT2D eigenvalue weighted by molar-refractivity contribution is 5.77. The molecule has 0 bridgehead atoms. The molecule has 0 radical (unpaired) electrons. The van der Waals surface area contributed by atoms with Gasteiger partial charge in [-0.25, -0.2) is 9.18 Å². The molecule has 0 saturated heterocycles. The molecule has 0 saturated carbocycles. The van der Waals surface area contributed by atoms with Gasteiger partial charge in [0, 0.05) is 7.05 Å². The van der Waals surface area contributed by atoms with Crippen molar-refractivity contribution in [3.05, 3.63) is 35.1 Å². The summed E-state index contributed by atoms with van der Waals surface area (Å²) in [5, 5.41) is 0. The standard InChI is InChI=1S/C16H22FNO3/c1-11-7-8-12(9-13(11)17)16(5,10-19)18(6)14(20)21-15(2,3)4/h7-10H,1-6H3. The van der Waals surface area contributed by atoms with E-state index in [4.69, 9.17) is 4.74 Å². The number of likely N-dealkylation sites (N-methyl/N-ethyl adjacent to an activating group) is 1. The summed E-state index contributed by atoms with van der Waals surface area (Å²) in [7, 11) is 1.46. The Labute approximate surface area is 124 Å². The van der Waals surface area contributed by atoms with Crippen LogP contribution in [0.25, 0.3) is 0 Å². The average Bonchev–Trinajstić information content (AvgIpc) is 2.38. The number of benzene rings is 1. The van der Waals surface area contributed by atoms with E-state index in [9.17, 15) is 14.0 Å². The number of rotatable bonds is 3. The van der Waals surface area contributed by atoms with Crippen molar-refractivity contribution in [2.75, 3.05) is 7.05 Å². The lowest BCUT2D eigenvalue weighted by atomic mass is 9.91. The molecule has 0 N–H and O–H groups in total. The molecule has 0 aliphatic carbocycles. The fourth-order valence-electron chi connectivity index (χ4n) is 1.77. The Bertz CT molecular complexity index is 551. The molecule has 5 heteroatoms. The Morgan fingerprint density at radius 3 is 2.29 bits per heavy atom. The van der Waals surface area contributed by atoms with E-state index in [0.717, 1.165) is 0 Å². The van der Waals surface area contributed by atoms with Crippen molar-refractivity contribution >= 4 is 12.4 Å². The third-order valence-electron chi connectivity index (χ3n) is 3.35. The summed E-state index contributed by atoms with van der Waals surface area (Å²) >= 11 is 0. The maximum absolute atomic E-state index is 13.7. The predicted octanol–water partition coefficient (Wildman–Crippen LogP) is 3.42. The molecule has 0 heterocycles. The average molecular weight is 295 g/mol. The largest absolute Gasteiger partial charge is 0.444 e. The molecule has 1 aromatic carbocycles. The number of aryl methyl sites for hydroxylation is 1. The third kappa shape index (κ3) is 3.80. The zero-order valence-electron chi connectivity index (χ0n) is 13.4. The maximum atomic E-state index is 13.7. The summed E-state index contributed by atoms with van der Waals surface area (Å²) in [6.07, 6.45) is -0.0285. The van der Waals surface area contributed by atoms with E-state index in [1.165, 1.54) is 18.0 Å². The lowest BCUT2D eigenvalue weighted by molar-refractivity contribution is -0.117. The monoisotopic (exact) mass is 295 g/mol. The van der Waals surface area contributed by atoms with E-state index in [-0.39, 0.29) is 0 Å². The van der Waals surface area contributed by atoms with Crippen LogP contribution in [0, 0.1) is 12.7 Å². The Morgan fingerprint density at radius 2 is 1.86 bits per heavy atom. The van der Waals surface area contributed by atoms with E-state index in [1.54, 1.807) is 46.8 Å². The second-order valence-electron chi connectivity index (χ2n) is 6.27. The van der Waals surface area contributed by atoms with Crippen molar-refractivity contribution < 1.29 is 18.7 Å². The second kappa shape index (κ2) is 5.84. The van der Waals surface area contributed by atoms with Crippen molar-refractivity contribution in [2.45, 2.75) is 45.8 Å². The summed E-state index contributed by atoms with van der Waals surface area (Å²) < 4.78 is 19.0. The van der Waals surface area contributed by atoms with Crippen LogP contribution < -0.4 is 0 Å². The Kier molecular flexibility index (Phi) is 4.76. The van der Waals surface area contributed by atoms with Gasteiger partial charge in [-0.15, -0.1) is 0 Å². The molecular formula is C16H22FNO3. The molecule has 1 amide bonds. The minimum atomic E-state index is -1.29. The van der Waals surface area contributed by atoms with Crippen LogP contribution in [0.5, 0.6) is 0 Å². The van der Waals surface area contributed by atoms with Crippen molar-refractivity contribution in [1.29, 1.82) is 0 Å². The van der Waals surface area contributed by atoms with E-state index >= 15 is 0 Å². The summed E-state index contributed by atoms with van der Waals surface area (Å²) in [6, 6.07) is 4.48. The fraction of sp³-hybridized carbons (Fsp3) is 0.500. The molecule has 0 spiro atoms. The zero-order chi connectivity index (χ0) is 16.4. The summed E-state index contributed by atoms with van der Waals surface area (Å²) in [4.78, 5) is 24.9. The quantitative estimate of drug-likeness (QED) is 0.803. The molecule has 0 aromatic heterocycles. The van der Waals surface area contributed by atoms with Crippen LogP contribution in [0.3, 0.4) is 0 Å². The van der Waals surface area contributed by atoms with Crippen LogP contribution in [-0.4, -0.2) is 29.9 Å². The number of aldehydes is 1. The van der Waals surface area contributed by atoms with Crippen molar-refractivity contribution in [3.8, 4) is 0 Å². The molecule has 1 aromatic rings. The first-order valence-corrected chi connectivity index (χ1v) is 6.71. The molecule has 4 nitrogen and oxygen atoms in total. The number of halogens is 1. The number of amides is 1. The topological polar surface area (TPSA) is 46.6 Å². The molecule has 1 unspecified atom stereocenters. The van der Waals surface area contributed by atoms with Crippen molar-refractivity contribution in [3.63, 3.8) is 0 Å². The first-order valence-electron chi connectivity index (χ1n) is 6.71. The van der Waals surface area contributed by atoms with Gasteiger partial charge in [0.25, 0.3) is 0 Å². The van der Waals surface area contributed by atoms with Gasteiger partial charge in [0.1, 0.15) is 23.2 Å².